The highest BCUT2D eigenvalue weighted by molar-refractivity contribution is 6.00. The fourth-order valence-electron chi connectivity index (χ4n) is 10.8. The van der Waals surface area contributed by atoms with Gasteiger partial charge in [0.25, 0.3) is 0 Å². The molecule has 0 saturated carbocycles. The molecule has 4 fully saturated rings. The van der Waals surface area contributed by atoms with Gasteiger partial charge in [-0.05, 0) is 72.2 Å². The highest BCUT2D eigenvalue weighted by Crippen LogP contribution is 2.46. The van der Waals surface area contributed by atoms with Crippen LogP contribution in [0.2, 0.25) is 0 Å². The van der Waals surface area contributed by atoms with E-state index in [9.17, 15) is 19.2 Å². The van der Waals surface area contributed by atoms with E-state index in [-0.39, 0.29) is 42.9 Å². The molecule has 4 aliphatic heterocycles. The van der Waals surface area contributed by atoms with Crippen molar-refractivity contribution in [3.63, 3.8) is 0 Å². The first-order valence-electron chi connectivity index (χ1n) is 22.6. The number of ketones is 2. The number of methoxy groups -OCH3 is 1. The van der Waals surface area contributed by atoms with Crippen molar-refractivity contribution >= 4 is 29.6 Å². The first-order valence-corrected chi connectivity index (χ1v) is 22.6. The lowest BCUT2D eigenvalue weighted by atomic mass is 9.73. The monoisotopic (exact) mass is 875 g/mol. The summed E-state index contributed by atoms with van der Waals surface area (Å²) in [6.07, 6.45) is -4.01. The number of hydrogen-bond acceptors (Lipinski definition) is 13. The molecule has 2 aromatic rings. The molecule has 0 radical (unpaired) electrons. The minimum atomic E-state index is -1.44. The first kappa shape index (κ1) is 48.3. The Morgan fingerprint density at radius 3 is 2.00 bits per heavy atom. The molecular formula is C49H69N3O11. The standard InChI is InChI=1S/C49H69N3O11/c1-13-38-49(9)43(52(47(57)63-49)36-26-51(27-36)39(34-20-16-14-17-21-34)35-22-18-15-19-23-35)30(4)40(54)28(2)25-48(8,58-12)44(31(5)41(55)32(6)45(56)61-38)62-46-42(60-33(7)53)37(50(10)11)24-29(3)59-46/h14-23,28-32,36-39,42-44,46H,13,24-27H2,1-12H3/t28-,29-,30+,31+,32-,37+,38-,42-,43-,44-,46+,48-,49-/m1/s1. The molecular weight excluding hydrogens is 807 g/mol. The Morgan fingerprint density at radius 2 is 1.48 bits per heavy atom. The number of carbonyl (C=O) groups is 5. The van der Waals surface area contributed by atoms with Crippen LogP contribution in [0.4, 0.5) is 4.79 Å². The number of cyclic esters (lactones) is 1. The summed E-state index contributed by atoms with van der Waals surface area (Å²) in [6.45, 7) is 16.4. The summed E-state index contributed by atoms with van der Waals surface area (Å²) in [4.78, 5) is 76.6. The molecule has 14 heteroatoms. The number of Topliss-reactive ketones (excluding diaryl/α,β-unsaturated/α-hetero) is 2. The third-order valence-corrected chi connectivity index (χ3v) is 14.3. The topological polar surface area (TPSA) is 150 Å². The third-order valence-electron chi connectivity index (χ3n) is 14.3. The zero-order valence-electron chi connectivity index (χ0n) is 39.1. The van der Waals surface area contributed by atoms with Crippen molar-refractivity contribution in [1.29, 1.82) is 0 Å². The quantitative estimate of drug-likeness (QED) is 0.151. The van der Waals surface area contributed by atoms with Crippen molar-refractivity contribution in [2.24, 2.45) is 23.7 Å². The number of ether oxygens (including phenoxy) is 6. The van der Waals surface area contributed by atoms with Gasteiger partial charge in [-0.25, -0.2) is 4.79 Å². The van der Waals surface area contributed by atoms with Gasteiger partial charge in [0.05, 0.1) is 42.0 Å². The van der Waals surface area contributed by atoms with E-state index in [0.717, 1.165) is 11.1 Å². The highest BCUT2D eigenvalue weighted by atomic mass is 16.7. The van der Waals surface area contributed by atoms with Crippen LogP contribution >= 0.6 is 0 Å². The lowest BCUT2D eigenvalue weighted by Gasteiger charge is -2.50. The molecule has 4 aliphatic rings. The Labute approximate surface area is 373 Å². The molecule has 0 aliphatic carbocycles. The van der Waals surface area contributed by atoms with Crippen LogP contribution in [0.3, 0.4) is 0 Å². The smallest absolute Gasteiger partial charge is 0.411 e. The van der Waals surface area contributed by atoms with Gasteiger partial charge in [0.1, 0.15) is 17.8 Å². The SMILES string of the molecule is CC[C@H]1OC(=O)[C@H](C)C(=O)[C@H](C)[C@@H](O[C@@H]2O[C@H](C)C[C@H](N(C)C)[C@H]2OC(C)=O)[C@](C)(OC)C[C@@H](C)C(=O)[C@H](C)[C@H]2N(C3CN(C(c4ccccc4)c4ccccc4)C3)C(=O)O[C@]12C. The molecule has 4 heterocycles. The summed E-state index contributed by atoms with van der Waals surface area (Å²) < 4.78 is 37.9. The number of carbonyl (C=O) groups excluding carboxylic acids is 5. The molecule has 2 aromatic carbocycles. The summed E-state index contributed by atoms with van der Waals surface area (Å²) in [5, 5.41) is 0. The number of hydrogen-bond donors (Lipinski definition) is 0. The zero-order valence-corrected chi connectivity index (χ0v) is 39.1. The van der Waals surface area contributed by atoms with Crippen LogP contribution in [0.1, 0.15) is 98.7 Å². The maximum Gasteiger partial charge on any atom is 0.411 e. The van der Waals surface area contributed by atoms with Crippen molar-refractivity contribution in [2.45, 2.75) is 148 Å². The molecule has 1 amide bonds. The van der Waals surface area contributed by atoms with Gasteiger partial charge in [-0.3, -0.25) is 29.0 Å². The van der Waals surface area contributed by atoms with Crippen LogP contribution in [-0.4, -0.2) is 139 Å². The van der Waals surface area contributed by atoms with E-state index in [1.165, 1.54) is 21.0 Å². The van der Waals surface area contributed by atoms with Gasteiger partial charge in [0, 0.05) is 44.9 Å². The van der Waals surface area contributed by atoms with Crippen LogP contribution in [-0.2, 0) is 47.6 Å². The highest BCUT2D eigenvalue weighted by Gasteiger charge is 2.63. The molecule has 63 heavy (non-hydrogen) atoms. The van der Waals surface area contributed by atoms with E-state index in [1.807, 2.05) is 83.1 Å². The molecule has 0 aromatic heterocycles. The van der Waals surface area contributed by atoms with Gasteiger partial charge in [0.15, 0.2) is 23.8 Å². The second-order valence-electron chi connectivity index (χ2n) is 19.0. The number of likely N-dealkylation sites (tertiary alicyclic amines) is 1. The Hall–Kier alpha value is -4.21. The third kappa shape index (κ3) is 9.61. The number of nitrogens with zero attached hydrogens (tertiary/aromatic N) is 3. The van der Waals surface area contributed by atoms with Gasteiger partial charge < -0.3 is 33.3 Å². The average Bonchev–Trinajstić information content (AvgIpc) is 3.51. The molecule has 4 saturated heterocycles. The van der Waals surface area contributed by atoms with E-state index in [1.54, 1.807) is 25.7 Å². The zero-order chi connectivity index (χ0) is 46.1. The summed E-state index contributed by atoms with van der Waals surface area (Å²) in [7, 11) is 5.27. The van der Waals surface area contributed by atoms with Gasteiger partial charge in [-0.2, -0.15) is 0 Å². The maximum absolute atomic E-state index is 15.1. The van der Waals surface area contributed by atoms with Gasteiger partial charge in [-0.1, -0.05) is 88.4 Å². The van der Waals surface area contributed by atoms with Crippen molar-refractivity contribution in [3.8, 4) is 0 Å². The molecule has 346 valence electrons. The molecule has 0 N–H and O–H groups in total. The van der Waals surface area contributed by atoms with E-state index >= 15 is 4.79 Å². The van der Waals surface area contributed by atoms with Crippen LogP contribution in [0.5, 0.6) is 0 Å². The Kier molecular flexibility index (Phi) is 14.9. The summed E-state index contributed by atoms with van der Waals surface area (Å²) in [5.74, 6) is -5.64. The number of fused-ring (bicyclic) bond motifs is 1. The van der Waals surface area contributed by atoms with E-state index in [4.69, 9.17) is 28.4 Å². The molecule has 0 spiro atoms. The van der Waals surface area contributed by atoms with Gasteiger partial charge >= 0.3 is 18.0 Å². The van der Waals surface area contributed by atoms with Gasteiger partial charge in [-0.15, -0.1) is 0 Å². The van der Waals surface area contributed by atoms with Crippen molar-refractivity contribution in [3.05, 3.63) is 71.8 Å². The minimum Gasteiger partial charge on any atom is -0.458 e. The number of amides is 1. The van der Waals surface area contributed by atoms with E-state index in [0.29, 0.717) is 19.5 Å². The van der Waals surface area contributed by atoms with Crippen LogP contribution in [0.15, 0.2) is 60.7 Å². The lowest BCUT2D eigenvalue weighted by molar-refractivity contribution is -0.298. The molecule has 0 unspecified atom stereocenters. The number of rotatable bonds is 10. The second kappa shape index (κ2) is 19.5. The lowest BCUT2D eigenvalue weighted by Crippen LogP contribution is -2.66. The molecule has 14 nitrogen and oxygen atoms in total. The van der Waals surface area contributed by atoms with E-state index in [2.05, 4.69) is 29.2 Å². The predicted molar refractivity (Wildman–Crippen MR) is 234 cm³/mol. The fraction of sp³-hybridized carbons (Fsp3) is 0.653. The Bertz CT molecular complexity index is 1900. The number of esters is 2. The van der Waals surface area contributed by atoms with Gasteiger partial charge in [0.2, 0.25) is 0 Å². The normalized spacial score (nSPS) is 36.3. The number of likely N-dealkylation sites (N-methyl/N-ethyl adjacent to an activating group) is 1. The minimum absolute atomic E-state index is 0.0651. The maximum atomic E-state index is 15.1. The molecule has 0 bridgehead atoms. The number of benzene rings is 2. The molecule has 13 atom stereocenters. The van der Waals surface area contributed by atoms with Crippen LogP contribution in [0.25, 0.3) is 0 Å². The van der Waals surface area contributed by atoms with Crippen molar-refractivity contribution in [1.82, 2.24) is 14.7 Å². The fourth-order valence-corrected chi connectivity index (χ4v) is 10.8. The van der Waals surface area contributed by atoms with Crippen molar-refractivity contribution in [2.75, 3.05) is 34.3 Å². The first-order chi connectivity index (χ1) is 29.8. The Balaban J connectivity index is 1.36. The van der Waals surface area contributed by atoms with E-state index < -0.39 is 89.3 Å². The summed E-state index contributed by atoms with van der Waals surface area (Å²) in [6, 6.07) is 19.0. The summed E-state index contributed by atoms with van der Waals surface area (Å²) in [5.41, 5.74) is -0.511. The van der Waals surface area contributed by atoms with Crippen molar-refractivity contribution < 1.29 is 52.4 Å². The average molecular weight is 876 g/mol. The van der Waals surface area contributed by atoms with Crippen LogP contribution in [0, 0.1) is 23.7 Å². The van der Waals surface area contributed by atoms with Crippen LogP contribution < -0.4 is 0 Å². The second-order valence-corrected chi connectivity index (χ2v) is 19.0. The predicted octanol–water partition coefficient (Wildman–Crippen LogP) is 6.23. The summed E-state index contributed by atoms with van der Waals surface area (Å²) >= 11 is 0. The Morgan fingerprint density at radius 1 is 0.889 bits per heavy atom. The largest absolute Gasteiger partial charge is 0.458 e. The molecule has 6 rings (SSSR count).